The number of rotatable bonds is 5. The Kier molecular flexibility index (Phi) is 5.17. The quantitative estimate of drug-likeness (QED) is 0.633. The van der Waals surface area contributed by atoms with Gasteiger partial charge in [-0.25, -0.2) is 0 Å². The number of amides is 1. The summed E-state index contributed by atoms with van der Waals surface area (Å²) in [5, 5.41) is 0. The van der Waals surface area contributed by atoms with Gasteiger partial charge in [-0.3, -0.25) is 9.59 Å². The van der Waals surface area contributed by atoms with Crippen LogP contribution in [0.25, 0.3) is 0 Å². The van der Waals surface area contributed by atoms with Crippen molar-refractivity contribution in [3.8, 4) is 5.75 Å². The van der Waals surface area contributed by atoms with Gasteiger partial charge in [0.1, 0.15) is 12.3 Å². The number of methoxy groups -OCH3 is 1. The van der Waals surface area contributed by atoms with E-state index in [0.29, 0.717) is 11.3 Å². The van der Waals surface area contributed by atoms with Crippen LogP contribution in [0.2, 0.25) is 0 Å². The minimum Gasteiger partial charge on any atom is -0.495 e. The van der Waals surface area contributed by atoms with Gasteiger partial charge in [0.05, 0.1) is 25.0 Å². The van der Waals surface area contributed by atoms with Crippen LogP contribution in [-0.4, -0.2) is 44.1 Å². The van der Waals surface area contributed by atoms with Crippen molar-refractivity contribution >= 4 is 17.6 Å². The van der Waals surface area contributed by atoms with Gasteiger partial charge in [-0.05, 0) is 19.1 Å². The maximum Gasteiger partial charge on any atom is 0.325 e. The number of benzene rings is 1. The van der Waals surface area contributed by atoms with Crippen molar-refractivity contribution in [2.75, 3.05) is 33.0 Å². The Morgan fingerprint density at radius 1 is 1.37 bits per heavy atom. The van der Waals surface area contributed by atoms with E-state index >= 15 is 0 Å². The van der Waals surface area contributed by atoms with Gasteiger partial charge in [0.15, 0.2) is 0 Å². The summed E-state index contributed by atoms with van der Waals surface area (Å²) >= 11 is 0. The number of hydrogen-bond acceptors (Lipinski definition) is 5. The van der Waals surface area contributed by atoms with Crippen molar-refractivity contribution in [1.29, 1.82) is 0 Å². The molecule has 0 fully saturated rings. The molecule has 0 saturated carbocycles. The Balaban J connectivity index is 2.85. The number of ether oxygens (including phenoxy) is 2. The maximum absolute atomic E-state index is 12.2. The van der Waals surface area contributed by atoms with Gasteiger partial charge < -0.3 is 20.1 Å². The molecule has 0 spiro atoms. The van der Waals surface area contributed by atoms with Crippen molar-refractivity contribution in [2.45, 2.75) is 6.92 Å². The molecule has 6 nitrogen and oxygen atoms in total. The second kappa shape index (κ2) is 6.63. The Hall–Kier alpha value is -2.24. The third-order valence-corrected chi connectivity index (χ3v) is 2.53. The fourth-order valence-electron chi connectivity index (χ4n) is 1.59. The third-order valence-electron chi connectivity index (χ3n) is 2.53. The first-order valence-electron chi connectivity index (χ1n) is 5.84. The van der Waals surface area contributed by atoms with E-state index in [1.807, 2.05) is 0 Å². The molecule has 19 heavy (non-hydrogen) atoms. The van der Waals surface area contributed by atoms with E-state index in [-0.39, 0.29) is 24.7 Å². The smallest absolute Gasteiger partial charge is 0.325 e. The number of carbonyl (C=O) groups is 2. The number of carbonyl (C=O) groups excluding carboxylic acids is 2. The summed E-state index contributed by atoms with van der Waals surface area (Å²) in [5.41, 5.74) is 6.39. The molecule has 0 saturated heterocycles. The molecule has 0 aromatic heterocycles. The fourth-order valence-corrected chi connectivity index (χ4v) is 1.59. The van der Waals surface area contributed by atoms with Crippen LogP contribution in [0, 0.1) is 0 Å². The van der Waals surface area contributed by atoms with Gasteiger partial charge in [0, 0.05) is 7.05 Å². The standard InChI is InChI=1S/C13H18N2O4/c1-4-19-11(16)8-15(2)13(17)9-6-5-7-10(18-3)12(9)14/h5-7H,4,8,14H2,1-3H3. The predicted octanol–water partition coefficient (Wildman–Crippen LogP) is 0.912. The van der Waals surface area contributed by atoms with E-state index in [4.69, 9.17) is 15.2 Å². The second-order valence-corrected chi connectivity index (χ2v) is 3.89. The predicted molar refractivity (Wildman–Crippen MR) is 71.0 cm³/mol. The van der Waals surface area contributed by atoms with Crippen LogP contribution in [0.5, 0.6) is 5.75 Å². The third kappa shape index (κ3) is 3.61. The summed E-state index contributed by atoms with van der Waals surface area (Å²) in [5.74, 6) is -0.389. The lowest BCUT2D eigenvalue weighted by Gasteiger charge is -2.18. The normalized spacial score (nSPS) is 9.84. The zero-order chi connectivity index (χ0) is 14.4. The highest BCUT2D eigenvalue weighted by Gasteiger charge is 2.19. The van der Waals surface area contributed by atoms with E-state index < -0.39 is 5.97 Å². The summed E-state index contributed by atoms with van der Waals surface area (Å²) in [6, 6.07) is 4.92. The molecule has 2 N–H and O–H groups in total. The number of para-hydroxylation sites is 1. The zero-order valence-corrected chi connectivity index (χ0v) is 11.3. The fraction of sp³-hybridized carbons (Fsp3) is 0.385. The SMILES string of the molecule is CCOC(=O)CN(C)C(=O)c1cccc(OC)c1N. The monoisotopic (exact) mass is 266 g/mol. The van der Waals surface area contributed by atoms with Gasteiger partial charge in [-0.2, -0.15) is 0 Å². The van der Waals surface area contributed by atoms with Crippen molar-refractivity contribution in [3.63, 3.8) is 0 Å². The summed E-state index contributed by atoms with van der Waals surface area (Å²) in [4.78, 5) is 24.7. The lowest BCUT2D eigenvalue weighted by atomic mass is 10.1. The molecule has 0 unspecified atom stereocenters. The van der Waals surface area contributed by atoms with E-state index in [1.165, 1.54) is 19.1 Å². The Morgan fingerprint density at radius 3 is 2.63 bits per heavy atom. The minimum atomic E-state index is -0.459. The molecule has 104 valence electrons. The largest absolute Gasteiger partial charge is 0.495 e. The summed E-state index contributed by atoms with van der Waals surface area (Å²) < 4.78 is 9.83. The number of hydrogen-bond donors (Lipinski definition) is 1. The van der Waals surface area contributed by atoms with Crippen LogP contribution in [0.1, 0.15) is 17.3 Å². The Morgan fingerprint density at radius 2 is 2.05 bits per heavy atom. The highest BCUT2D eigenvalue weighted by Crippen LogP contribution is 2.25. The first-order valence-corrected chi connectivity index (χ1v) is 5.84. The van der Waals surface area contributed by atoms with Crippen LogP contribution in [0.3, 0.4) is 0 Å². The van der Waals surface area contributed by atoms with Crippen molar-refractivity contribution in [2.24, 2.45) is 0 Å². The van der Waals surface area contributed by atoms with Crippen LogP contribution >= 0.6 is 0 Å². The first kappa shape index (κ1) is 14.8. The summed E-state index contributed by atoms with van der Waals surface area (Å²) in [6.45, 7) is 1.87. The molecule has 0 atom stereocenters. The number of nitrogens with two attached hydrogens (primary N) is 1. The molecule has 0 radical (unpaired) electrons. The lowest BCUT2D eigenvalue weighted by Crippen LogP contribution is -2.33. The molecular formula is C13H18N2O4. The summed E-state index contributed by atoms with van der Waals surface area (Å²) in [7, 11) is 2.99. The van der Waals surface area contributed by atoms with Gasteiger partial charge in [0.25, 0.3) is 5.91 Å². The van der Waals surface area contributed by atoms with E-state index in [0.717, 1.165) is 0 Å². The Labute approximate surface area is 112 Å². The molecule has 1 aromatic rings. The second-order valence-electron chi connectivity index (χ2n) is 3.89. The molecule has 1 rings (SSSR count). The maximum atomic E-state index is 12.2. The van der Waals surface area contributed by atoms with E-state index in [1.54, 1.807) is 25.1 Å². The van der Waals surface area contributed by atoms with Gasteiger partial charge >= 0.3 is 5.97 Å². The number of anilines is 1. The Bertz CT molecular complexity index is 474. The average molecular weight is 266 g/mol. The number of likely N-dealkylation sites (N-methyl/N-ethyl adjacent to an activating group) is 1. The number of esters is 1. The topological polar surface area (TPSA) is 81.9 Å². The lowest BCUT2D eigenvalue weighted by molar-refractivity contribution is -0.143. The first-order chi connectivity index (χ1) is 9.01. The number of nitrogens with zero attached hydrogens (tertiary/aromatic N) is 1. The van der Waals surface area contributed by atoms with Crippen molar-refractivity contribution in [1.82, 2.24) is 4.90 Å². The highest BCUT2D eigenvalue weighted by molar-refractivity contribution is 6.01. The zero-order valence-electron chi connectivity index (χ0n) is 11.3. The molecule has 1 aromatic carbocycles. The molecule has 0 aliphatic carbocycles. The minimum absolute atomic E-state index is 0.122. The molecule has 0 aliphatic rings. The molecule has 0 heterocycles. The molecule has 0 aliphatic heterocycles. The van der Waals surface area contributed by atoms with Gasteiger partial charge in [-0.15, -0.1) is 0 Å². The van der Waals surface area contributed by atoms with Crippen LogP contribution in [0.15, 0.2) is 18.2 Å². The highest BCUT2D eigenvalue weighted by atomic mass is 16.5. The average Bonchev–Trinajstić information content (AvgIpc) is 2.38. The van der Waals surface area contributed by atoms with E-state index in [2.05, 4.69) is 0 Å². The van der Waals surface area contributed by atoms with Crippen LogP contribution in [-0.2, 0) is 9.53 Å². The molecule has 1 amide bonds. The van der Waals surface area contributed by atoms with Gasteiger partial charge in [0.2, 0.25) is 0 Å². The number of nitrogen functional groups attached to an aromatic ring is 1. The van der Waals surface area contributed by atoms with E-state index in [9.17, 15) is 9.59 Å². The summed E-state index contributed by atoms with van der Waals surface area (Å²) in [6.07, 6.45) is 0. The molecular weight excluding hydrogens is 248 g/mol. The molecule has 6 heteroatoms. The van der Waals surface area contributed by atoms with Crippen molar-refractivity contribution < 1.29 is 19.1 Å². The molecule has 0 bridgehead atoms. The van der Waals surface area contributed by atoms with Crippen molar-refractivity contribution in [3.05, 3.63) is 23.8 Å². The van der Waals surface area contributed by atoms with Crippen LogP contribution in [0.4, 0.5) is 5.69 Å². The van der Waals surface area contributed by atoms with Crippen LogP contribution < -0.4 is 10.5 Å². The van der Waals surface area contributed by atoms with Gasteiger partial charge in [-0.1, -0.05) is 6.07 Å².